The van der Waals surface area contributed by atoms with Gasteiger partial charge in [0.1, 0.15) is 0 Å². The van der Waals surface area contributed by atoms with Crippen LogP contribution in [0.5, 0.6) is 0 Å². The number of fused-ring (bicyclic) bond motifs is 1. The predicted octanol–water partition coefficient (Wildman–Crippen LogP) is 6.89. The number of benzene rings is 3. The number of carbonyl (C=O) groups excluding carboxylic acids is 1. The molecule has 4 aromatic rings. The van der Waals surface area contributed by atoms with Gasteiger partial charge in [0.05, 0.1) is 16.8 Å². The van der Waals surface area contributed by atoms with Gasteiger partial charge in [-0.1, -0.05) is 74.0 Å². The van der Waals surface area contributed by atoms with E-state index in [2.05, 4.69) is 57.3 Å². The van der Waals surface area contributed by atoms with Crippen LogP contribution in [-0.4, -0.2) is 10.9 Å². The Morgan fingerprint density at radius 2 is 1.63 bits per heavy atom. The van der Waals surface area contributed by atoms with Crippen molar-refractivity contribution in [2.45, 2.75) is 33.6 Å². The molecule has 0 bridgehead atoms. The average Bonchev–Trinajstić information content (AvgIpc) is 2.73. The van der Waals surface area contributed by atoms with Crippen LogP contribution in [0.2, 0.25) is 0 Å². The maximum Gasteiger partial charge on any atom is 0.256 e. The molecular formula is C27H26N2O. The highest BCUT2D eigenvalue weighted by Crippen LogP contribution is 2.29. The molecule has 0 fully saturated rings. The summed E-state index contributed by atoms with van der Waals surface area (Å²) in [5.41, 5.74) is 7.64. The van der Waals surface area contributed by atoms with E-state index in [1.807, 2.05) is 48.5 Å². The van der Waals surface area contributed by atoms with Crippen molar-refractivity contribution < 1.29 is 4.79 Å². The quantitative estimate of drug-likeness (QED) is 0.409. The zero-order valence-electron chi connectivity index (χ0n) is 17.9. The minimum absolute atomic E-state index is 0.118. The minimum atomic E-state index is -0.118. The number of nitrogens with one attached hydrogen (secondary N) is 1. The van der Waals surface area contributed by atoms with E-state index in [0.29, 0.717) is 11.5 Å². The number of pyridine rings is 1. The van der Waals surface area contributed by atoms with Crippen LogP contribution in [0.25, 0.3) is 22.2 Å². The monoisotopic (exact) mass is 394 g/mol. The lowest BCUT2D eigenvalue weighted by Gasteiger charge is -2.15. The number of rotatable bonds is 4. The summed E-state index contributed by atoms with van der Waals surface area (Å²) in [7, 11) is 0. The van der Waals surface area contributed by atoms with Crippen molar-refractivity contribution in [2.24, 2.45) is 0 Å². The van der Waals surface area contributed by atoms with E-state index in [1.165, 1.54) is 5.56 Å². The predicted molar refractivity (Wildman–Crippen MR) is 125 cm³/mol. The van der Waals surface area contributed by atoms with Gasteiger partial charge in [-0.25, -0.2) is 4.98 Å². The summed E-state index contributed by atoms with van der Waals surface area (Å²) in [5, 5.41) is 3.99. The van der Waals surface area contributed by atoms with E-state index < -0.39 is 0 Å². The van der Waals surface area contributed by atoms with Crippen molar-refractivity contribution in [2.75, 3.05) is 5.32 Å². The van der Waals surface area contributed by atoms with Gasteiger partial charge in [0, 0.05) is 16.6 Å². The first-order chi connectivity index (χ1) is 14.4. The number of amides is 1. The highest BCUT2D eigenvalue weighted by Gasteiger charge is 2.16. The topological polar surface area (TPSA) is 42.0 Å². The Morgan fingerprint density at radius 3 is 2.40 bits per heavy atom. The molecule has 0 aliphatic heterocycles. The van der Waals surface area contributed by atoms with E-state index in [1.54, 1.807) is 0 Å². The zero-order valence-corrected chi connectivity index (χ0v) is 17.9. The fourth-order valence-electron chi connectivity index (χ4n) is 3.91. The van der Waals surface area contributed by atoms with Crippen LogP contribution in [0.3, 0.4) is 0 Å². The molecule has 0 unspecified atom stereocenters. The Hall–Kier alpha value is -3.46. The molecular weight excluding hydrogens is 368 g/mol. The number of aryl methyl sites for hydroxylation is 2. The highest BCUT2D eigenvalue weighted by molar-refractivity contribution is 6.13. The molecule has 4 rings (SSSR count). The molecule has 0 saturated carbocycles. The van der Waals surface area contributed by atoms with Crippen LogP contribution in [0.1, 0.15) is 46.8 Å². The molecule has 1 heterocycles. The number of carbonyl (C=O) groups is 1. The summed E-state index contributed by atoms with van der Waals surface area (Å²) in [6.07, 6.45) is 0. The number of nitrogens with zero attached hydrogens (tertiary/aromatic N) is 1. The van der Waals surface area contributed by atoms with Gasteiger partial charge in [0.15, 0.2) is 0 Å². The van der Waals surface area contributed by atoms with E-state index in [0.717, 1.165) is 39.0 Å². The zero-order chi connectivity index (χ0) is 21.3. The van der Waals surface area contributed by atoms with Gasteiger partial charge >= 0.3 is 0 Å². The van der Waals surface area contributed by atoms with E-state index >= 15 is 0 Å². The number of hydrogen-bond donors (Lipinski definition) is 1. The SMILES string of the molecule is Cc1ccc(-c2cc(C(=O)Nc3ccccc3C(C)C)c3ccccc3n2)c(C)c1. The lowest BCUT2D eigenvalue weighted by atomic mass is 9.98. The fraction of sp³-hybridized carbons (Fsp3) is 0.185. The molecule has 0 aliphatic rings. The van der Waals surface area contributed by atoms with Crippen LogP contribution in [0, 0.1) is 13.8 Å². The fourth-order valence-corrected chi connectivity index (χ4v) is 3.91. The van der Waals surface area contributed by atoms with E-state index in [4.69, 9.17) is 4.98 Å². The number of anilines is 1. The van der Waals surface area contributed by atoms with Crippen molar-refractivity contribution in [1.82, 2.24) is 4.98 Å². The van der Waals surface area contributed by atoms with Gasteiger partial charge in [0.25, 0.3) is 5.91 Å². The summed E-state index contributed by atoms with van der Waals surface area (Å²) < 4.78 is 0. The molecule has 30 heavy (non-hydrogen) atoms. The number of hydrogen-bond acceptors (Lipinski definition) is 2. The second-order valence-corrected chi connectivity index (χ2v) is 8.09. The maximum atomic E-state index is 13.4. The molecule has 3 aromatic carbocycles. The van der Waals surface area contributed by atoms with Gasteiger partial charge in [-0.2, -0.15) is 0 Å². The maximum absolute atomic E-state index is 13.4. The molecule has 0 atom stereocenters. The molecule has 1 aromatic heterocycles. The molecule has 0 spiro atoms. The Kier molecular flexibility index (Phi) is 5.37. The molecule has 0 aliphatic carbocycles. The summed E-state index contributed by atoms with van der Waals surface area (Å²) in [4.78, 5) is 18.2. The second-order valence-electron chi connectivity index (χ2n) is 8.09. The number of aromatic nitrogens is 1. The van der Waals surface area contributed by atoms with Crippen LogP contribution in [0.15, 0.2) is 72.8 Å². The Morgan fingerprint density at radius 1 is 0.900 bits per heavy atom. The molecule has 3 heteroatoms. The lowest BCUT2D eigenvalue weighted by Crippen LogP contribution is -2.14. The first-order valence-corrected chi connectivity index (χ1v) is 10.3. The van der Waals surface area contributed by atoms with Crippen LogP contribution in [-0.2, 0) is 0 Å². The molecule has 3 nitrogen and oxygen atoms in total. The standard InChI is InChI=1S/C27H26N2O/c1-17(2)20-9-5-7-11-24(20)29-27(30)23-16-26(21-14-13-18(3)15-19(21)4)28-25-12-8-6-10-22(23)25/h5-17H,1-4H3,(H,29,30). The van der Waals surface area contributed by atoms with E-state index in [-0.39, 0.29) is 5.91 Å². The van der Waals surface area contributed by atoms with Crippen molar-refractivity contribution in [3.63, 3.8) is 0 Å². The van der Waals surface area contributed by atoms with E-state index in [9.17, 15) is 4.79 Å². The van der Waals surface area contributed by atoms with Crippen molar-refractivity contribution >= 4 is 22.5 Å². The smallest absolute Gasteiger partial charge is 0.256 e. The first kappa shape index (κ1) is 19.8. The molecule has 1 amide bonds. The van der Waals surface area contributed by atoms with Gasteiger partial charge in [-0.15, -0.1) is 0 Å². The molecule has 0 saturated heterocycles. The van der Waals surface area contributed by atoms with Gasteiger partial charge < -0.3 is 5.32 Å². The summed E-state index contributed by atoms with van der Waals surface area (Å²) >= 11 is 0. The second kappa shape index (κ2) is 8.11. The van der Waals surface area contributed by atoms with Crippen molar-refractivity contribution in [3.05, 3.63) is 95.1 Å². The number of para-hydroxylation sites is 2. The van der Waals surface area contributed by atoms with Gasteiger partial charge in [-0.05, 0) is 49.1 Å². The van der Waals surface area contributed by atoms with Crippen LogP contribution in [0.4, 0.5) is 5.69 Å². The third-order valence-electron chi connectivity index (χ3n) is 5.45. The van der Waals surface area contributed by atoms with Gasteiger partial charge in [-0.3, -0.25) is 4.79 Å². The summed E-state index contributed by atoms with van der Waals surface area (Å²) in [6, 6.07) is 24.0. The highest BCUT2D eigenvalue weighted by atomic mass is 16.1. The molecule has 0 radical (unpaired) electrons. The van der Waals surface area contributed by atoms with Gasteiger partial charge in [0.2, 0.25) is 0 Å². The third kappa shape index (κ3) is 3.84. The minimum Gasteiger partial charge on any atom is -0.322 e. The average molecular weight is 395 g/mol. The third-order valence-corrected chi connectivity index (χ3v) is 5.45. The Bertz CT molecular complexity index is 1240. The van der Waals surface area contributed by atoms with Crippen LogP contribution < -0.4 is 5.32 Å². The largest absolute Gasteiger partial charge is 0.322 e. The van der Waals surface area contributed by atoms with Crippen molar-refractivity contribution in [1.29, 1.82) is 0 Å². The summed E-state index contributed by atoms with van der Waals surface area (Å²) in [6.45, 7) is 8.42. The summed E-state index contributed by atoms with van der Waals surface area (Å²) in [5.74, 6) is 0.203. The normalized spacial score (nSPS) is 11.1. The lowest BCUT2D eigenvalue weighted by molar-refractivity contribution is 0.102. The Balaban J connectivity index is 1.83. The molecule has 1 N–H and O–H groups in total. The van der Waals surface area contributed by atoms with Crippen LogP contribution >= 0.6 is 0 Å². The first-order valence-electron chi connectivity index (χ1n) is 10.3. The Labute approximate surface area is 177 Å². The molecule has 150 valence electrons. The van der Waals surface area contributed by atoms with Crippen molar-refractivity contribution in [3.8, 4) is 11.3 Å².